The number of carbonyl (C=O) groups is 1. The van der Waals surface area contributed by atoms with Gasteiger partial charge in [-0.1, -0.05) is 24.6 Å². The molecule has 0 bridgehead atoms. The van der Waals surface area contributed by atoms with Crippen molar-refractivity contribution in [1.29, 1.82) is 0 Å². The van der Waals surface area contributed by atoms with Gasteiger partial charge in [0.2, 0.25) is 0 Å². The number of carbonyl (C=O) groups excluding carboxylic acids is 1. The number of nitrogens with one attached hydrogen (secondary N) is 2. The van der Waals surface area contributed by atoms with Crippen LogP contribution in [0.5, 0.6) is 11.5 Å². The fraction of sp³-hybridized carbons (Fsp3) is 0.208. The van der Waals surface area contributed by atoms with Gasteiger partial charge in [0.1, 0.15) is 11.5 Å². The van der Waals surface area contributed by atoms with E-state index in [0.717, 1.165) is 5.56 Å². The molecule has 0 radical (unpaired) electrons. The molecule has 33 heavy (non-hydrogen) atoms. The van der Waals surface area contributed by atoms with Crippen LogP contribution in [0.2, 0.25) is 5.02 Å². The number of ether oxygens (including phenoxy) is 2. The van der Waals surface area contributed by atoms with Gasteiger partial charge in [-0.3, -0.25) is 9.52 Å². The summed E-state index contributed by atoms with van der Waals surface area (Å²) in [6.07, 6.45) is -0.270. The Bertz CT molecular complexity index is 1210. The molecule has 3 rings (SSSR count). The molecule has 0 saturated heterocycles. The molecular formula is C24H25ClN2O5S. The number of rotatable bonds is 9. The van der Waals surface area contributed by atoms with Crippen molar-refractivity contribution in [3.05, 3.63) is 77.3 Å². The van der Waals surface area contributed by atoms with Gasteiger partial charge < -0.3 is 14.8 Å². The van der Waals surface area contributed by atoms with Crippen LogP contribution in [0, 0.1) is 6.92 Å². The molecule has 0 unspecified atom stereocenters. The number of hydrogen-bond acceptors (Lipinski definition) is 5. The average Bonchev–Trinajstić information content (AvgIpc) is 2.79. The molecule has 3 aromatic rings. The molecule has 174 valence electrons. The summed E-state index contributed by atoms with van der Waals surface area (Å²) in [5.41, 5.74) is 1.68. The van der Waals surface area contributed by atoms with Crippen LogP contribution < -0.4 is 19.5 Å². The standard InChI is InChI=1S/C24H25ClN2O5S/c1-4-22(32-19-10-6-17(25)7-11-19)24(28)26-18-8-12-20(13-9-18)33(29,30)27-21-15-16(2)5-14-23(21)31-3/h5-15,22,27H,4H2,1-3H3,(H,26,28)/t22-/m0/s1. The summed E-state index contributed by atoms with van der Waals surface area (Å²) in [7, 11) is -2.38. The molecule has 0 saturated carbocycles. The highest BCUT2D eigenvalue weighted by atomic mass is 35.5. The van der Waals surface area contributed by atoms with Crippen molar-refractivity contribution in [2.24, 2.45) is 0 Å². The first-order chi connectivity index (χ1) is 15.7. The molecule has 0 aliphatic rings. The predicted octanol–water partition coefficient (Wildman–Crippen LogP) is 5.25. The minimum absolute atomic E-state index is 0.0495. The lowest BCUT2D eigenvalue weighted by Crippen LogP contribution is -2.32. The summed E-state index contributed by atoms with van der Waals surface area (Å²) < 4.78 is 39.1. The minimum atomic E-state index is -3.85. The maximum Gasteiger partial charge on any atom is 0.265 e. The van der Waals surface area contributed by atoms with Crippen LogP contribution in [0.15, 0.2) is 71.6 Å². The zero-order valence-corrected chi connectivity index (χ0v) is 20.0. The fourth-order valence-electron chi connectivity index (χ4n) is 3.05. The molecule has 0 fully saturated rings. The van der Waals surface area contributed by atoms with E-state index in [9.17, 15) is 13.2 Å². The van der Waals surface area contributed by atoms with Crippen molar-refractivity contribution in [3.63, 3.8) is 0 Å². The van der Waals surface area contributed by atoms with Gasteiger partial charge in [-0.05, 0) is 79.6 Å². The van der Waals surface area contributed by atoms with Crippen LogP contribution in [0.3, 0.4) is 0 Å². The van der Waals surface area contributed by atoms with Crippen LogP contribution >= 0.6 is 11.6 Å². The highest BCUT2D eigenvalue weighted by molar-refractivity contribution is 7.92. The first-order valence-corrected chi connectivity index (χ1v) is 12.1. The molecule has 3 aromatic carbocycles. The second-order valence-corrected chi connectivity index (χ2v) is 9.41. The van der Waals surface area contributed by atoms with Crippen molar-refractivity contribution in [2.45, 2.75) is 31.3 Å². The van der Waals surface area contributed by atoms with Crippen molar-refractivity contribution in [1.82, 2.24) is 0 Å². The topological polar surface area (TPSA) is 93.7 Å². The van der Waals surface area contributed by atoms with Gasteiger partial charge in [-0.15, -0.1) is 0 Å². The molecule has 1 atom stereocenters. The Labute approximate surface area is 198 Å². The third-order valence-electron chi connectivity index (χ3n) is 4.79. The van der Waals surface area contributed by atoms with Gasteiger partial charge in [0.15, 0.2) is 6.10 Å². The fourth-order valence-corrected chi connectivity index (χ4v) is 4.23. The van der Waals surface area contributed by atoms with Gasteiger partial charge >= 0.3 is 0 Å². The largest absolute Gasteiger partial charge is 0.495 e. The Morgan fingerprint density at radius 1 is 1.03 bits per heavy atom. The summed E-state index contributed by atoms with van der Waals surface area (Å²) >= 11 is 5.88. The lowest BCUT2D eigenvalue weighted by molar-refractivity contribution is -0.122. The quantitative estimate of drug-likeness (QED) is 0.429. The van der Waals surface area contributed by atoms with E-state index in [2.05, 4.69) is 10.0 Å². The zero-order chi connectivity index (χ0) is 24.0. The monoisotopic (exact) mass is 488 g/mol. The maximum absolute atomic E-state index is 12.8. The van der Waals surface area contributed by atoms with Crippen LogP contribution in [0.1, 0.15) is 18.9 Å². The van der Waals surface area contributed by atoms with Crippen molar-refractivity contribution in [2.75, 3.05) is 17.1 Å². The lowest BCUT2D eigenvalue weighted by Gasteiger charge is -2.17. The summed E-state index contributed by atoms with van der Waals surface area (Å²) in [4.78, 5) is 12.7. The number of aryl methyl sites for hydroxylation is 1. The van der Waals surface area contributed by atoms with Crippen molar-refractivity contribution in [3.8, 4) is 11.5 Å². The molecule has 0 aromatic heterocycles. The first kappa shape index (κ1) is 24.4. The van der Waals surface area contributed by atoms with E-state index >= 15 is 0 Å². The highest BCUT2D eigenvalue weighted by Crippen LogP contribution is 2.28. The van der Waals surface area contributed by atoms with Gasteiger partial charge in [-0.25, -0.2) is 8.42 Å². The molecule has 0 spiro atoms. The summed E-state index contributed by atoms with van der Waals surface area (Å²) in [6.45, 7) is 3.69. The second-order valence-electron chi connectivity index (χ2n) is 7.29. The average molecular weight is 489 g/mol. The summed E-state index contributed by atoms with van der Waals surface area (Å²) in [5, 5.41) is 3.33. The van der Waals surface area contributed by atoms with E-state index in [-0.39, 0.29) is 10.8 Å². The molecule has 9 heteroatoms. The maximum atomic E-state index is 12.8. The van der Waals surface area contributed by atoms with E-state index < -0.39 is 16.1 Å². The first-order valence-electron chi connectivity index (χ1n) is 10.2. The normalized spacial score (nSPS) is 12.0. The summed E-state index contributed by atoms with van der Waals surface area (Å²) in [5.74, 6) is 0.602. The zero-order valence-electron chi connectivity index (χ0n) is 18.5. The van der Waals surface area contributed by atoms with E-state index in [0.29, 0.717) is 34.3 Å². The van der Waals surface area contributed by atoms with E-state index in [4.69, 9.17) is 21.1 Å². The van der Waals surface area contributed by atoms with Crippen LogP contribution in [-0.4, -0.2) is 27.5 Å². The molecule has 0 aliphatic heterocycles. The number of hydrogen-bond donors (Lipinski definition) is 2. The number of anilines is 2. The van der Waals surface area contributed by atoms with Crippen molar-refractivity contribution < 1.29 is 22.7 Å². The van der Waals surface area contributed by atoms with E-state index in [1.54, 1.807) is 36.4 Å². The molecular weight excluding hydrogens is 464 g/mol. The van der Waals surface area contributed by atoms with Crippen LogP contribution in [0.4, 0.5) is 11.4 Å². The van der Waals surface area contributed by atoms with Crippen LogP contribution in [-0.2, 0) is 14.8 Å². The van der Waals surface area contributed by atoms with E-state index in [1.165, 1.54) is 31.4 Å². The lowest BCUT2D eigenvalue weighted by atomic mass is 10.2. The van der Waals surface area contributed by atoms with E-state index in [1.807, 2.05) is 19.9 Å². The van der Waals surface area contributed by atoms with Gasteiger partial charge in [0.05, 0.1) is 17.7 Å². The Hall–Kier alpha value is -3.23. The smallest absolute Gasteiger partial charge is 0.265 e. The Morgan fingerprint density at radius 3 is 2.30 bits per heavy atom. The number of halogens is 1. The second kappa shape index (κ2) is 10.6. The minimum Gasteiger partial charge on any atom is -0.495 e. The summed E-state index contributed by atoms with van der Waals surface area (Å²) in [6, 6.07) is 17.8. The third kappa shape index (κ3) is 6.40. The number of amides is 1. The Balaban J connectivity index is 1.69. The predicted molar refractivity (Wildman–Crippen MR) is 130 cm³/mol. The van der Waals surface area contributed by atoms with Gasteiger partial charge in [0.25, 0.3) is 15.9 Å². The van der Waals surface area contributed by atoms with Gasteiger partial charge in [-0.2, -0.15) is 0 Å². The molecule has 1 amide bonds. The number of sulfonamides is 1. The number of benzene rings is 3. The highest BCUT2D eigenvalue weighted by Gasteiger charge is 2.20. The SMILES string of the molecule is CC[C@H](Oc1ccc(Cl)cc1)C(=O)Nc1ccc(S(=O)(=O)Nc2cc(C)ccc2OC)cc1. The molecule has 0 aliphatic carbocycles. The Morgan fingerprint density at radius 2 is 1.70 bits per heavy atom. The molecule has 2 N–H and O–H groups in total. The van der Waals surface area contributed by atoms with Crippen LogP contribution in [0.25, 0.3) is 0 Å². The molecule has 7 nitrogen and oxygen atoms in total. The number of methoxy groups -OCH3 is 1. The van der Waals surface area contributed by atoms with Gasteiger partial charge in [0, 0.05) is 10.7 Å². The third-order valence-corrected chi connectivity index (χ3v) is 6.42. The van der Waals surface area contributed by atoms with Crippen molar-refractivity contribution >= 4 is 38.9 Å². The molecule has 0 heterocycles. The Kier molecular flexibility index (Phi) is 7.84.